The number of rotatable bonds is 7. The molecule has 5 heteroatoms. The Kier molecular flexibility index (Phi) is 7.48. The van der Waals surface area contributed by atoms with Crippen molar-refractivity contribution in [3.63, 3.8) is 0 Å². The lowest BCUT2D eigenvalue weighted by molar-refractivity contribution is 0.482. The van der Waals surface area contributed by atoms with E-state index in [9.17, 15) is 0 Å². The van der Waals surface area contributed by atoms with Crippen LogP contribution in [0.4, 0.5) is 0 Å². The smallest absolute Gasteiger partial charge is 0.137 e. The zero-order valence-corrected chi connectivity index (χ0v) is 27.8. The molecule has 0 radical (unpaired) electrons. The van der Waals surface area contributed by atoms with Crippen LogP contribution in [0, 0.1) is 34.6 Å². The quantitative estimate of drug-likeness (QED) is 0.182. The van der Waals surface area contributed by atoms with Gasteiger partial charge < -0.3 is 4.74 Å². The summed E-state index contributed by atoms with van der Waals surface area (Å²) in [7, 11) is 0. The topological polar surface area (TPSA) is 44.9 Å². The maximum absolute atomic E-state index is 6.64. The molecule has 5 nitrogen and oxygen atoms in total. The van der Waals surface area contributed by atoms with Crippen LogP contribution in [0.1, 0.15) is 53.1 Å². The fourth-order valence-electron chi connectivity index (χ4n) is 7.10. The van der Waals surface area contributed by atoms with Crippen LogP contribution in [-0.2, 0) is 12.8 Å². The summed E-state index contributed by atoms with van der Waals surface area (Å²) >= 11 is 0. The van der Waals surface area contributed by atoms with E-state index >= 15 is 0 Å². The number of pyridine rings is 1. The minimum atomic E-state index is 0.776. The van der Waals surface area contributed by atoms with E-state index in [1.165, 1.54) is 49.8 Å². The maximum atomic E-state index is 6.64. The van der Waals surface area contributed by atoms with Crippen LogP contribution in [0.25, 0.3) is 44.4 Å². The molecule has 0 spiro atoms. The Bertz CT molecular complexity index is 2250. The maximum Gasteiger partial charge on any atom is 0.137 e. The number of fused-ring (bicyclic) bond motifs is 3. The second-order valence-electron chi connectivity index (χ2n) is 12.5. The van der Waals surface area contributed by atoms with E-state index in [0.29, 0.717) is 0 Å². The minimum absolute atomic E-state index is 0.776. The highest BCUT2D eigenvalue weighted by molar-refractivity contribution is 6.09. The molecule has 0 saturated heterocycles. The highest BCUT2D eigenvalue weighted by Crippen LogP contribution is 2.38. The van der Waals surface area contributed by atoms with Crippen LogP contribution in [0.15, 0.2) is 91.1 Å². The fourth-order valence-corrected chi connectivity index (χ4v) is 7.10. The molecule has 230 valence electrons. The number of hydrogen-bond acceptors (Lipinski definition) is 3. The van der Waals surface area contributed by atoms with E-state index in [0.717, 1.165) is 58.1 Å². The van der Waals surface area contributed by atoms with Crippen LogP contribution in [0.2, 0.25) is 0 Å². The summed E-state index contributed by atoms with van der Waals surface area (Å²) in [6, 6.07) is 30.0. The first-order chi connectivity index (χ1) is 22.2. The van der Waals surface area contributed by atoms with Crippen molar-refractivity contribution in [2.24, 2.45) is 0 Å². The molecule has 0 saturated carbocycles. The molecule has 46 heavy (non-hydrogen) atoms. The number of hydrogen-bond donors (Lipinski definition) is 0. The van der Waals surface area contributed by atoms with Crippen LogP contribution >= 0.6 is 0 Å². The molecular formula is C41H40N4O. The zero-order valence-electron chi connectivity index (χ0n) is 27.8. The van der Waals surface area contributed by atoms with Crippen molar-refractivity contribution in [3.8, 4) is 34.1 Å². The van der Waals surface area contributed by atoms with Gasteiger partial charge in [0.1, 0.15) is 17.3 Å². The Morgan fingerprint density at radius 1 is 0.630 bits per heavy atom. The molecule has 7 rings (SSSR count). The highest BCUT2D eigenvalue weighted by atomic mass is 16.5. The monoisotopic (exact) mass is 604 g/mol. The third-order valence-electron chi connectivity index (χ3n) is 8.94. The molecule has 0 fully saturated rings. The van der Waals surface area contributed by atoms with Gasteiger partial charge in [-0.3, -0.25) is 4.57 Å². The molecule has 4 aromatic carbocycles. The van der Waals surface area contributed by atoms with Crippen molar-refractivity contribution < 1.29 is 4.74 Å². The van der Waals surface area contributed by atoms with Gasteiger partial charge in [0.15, 0.2) is 0 Å². The van der Waals surface area contributed by atoms with Gasteiger partial charge in [-0.1, -0.05) is 49.7 Å². The third-order valence-corrected chi connectivity index (χ3v) is 8.94. The van der Waals surface area contributed by atoms with Gasteiger partial charge in [-0.2, -0.15) is 5.10 Å². The molecule has 3 aromatic heterocycles. The molecule has 0 amide bonds. The van der Waals surface area contributed by atoms with Crippen LogP contribution in [0.3, 0.4) is 0 Å². The summed E-state index contributed by atoms with van der Waals surface area (Å²) < 4.78 is 11.0. The summed E-state index contributed by atoms with van der Waals surface area (Å²) in [5.74, 6) is 2.46. The van der Waals surface area contributed by atoms with E-state index in [-0.39, 0.29) is 0 Å². The van der Waals surface area contributed by atoms with Gasteiger partial charge in [-0.05, 0) is 118 Å². The number of benzene rings is 4. The summed E-state index contributed by atoms with van der Waals surface area (Å²) in [6.07, 6.45) is 3.60. The van der Waals surface area contributed by atoms with Crippen molar-refractivity contribution in [2.45, 2.75) is 61.3 Å². The first-order valence-corrected chi connectivity index (χ1v) is 16.2. The van der Waals surface area contributed by atoms with Crippen molar-refractivity contribution in [1.82, 2.24) is 19.3 Å². The van der Waals surface area contributed by atoms with Crippen molar-refractivity contribution in [1.29, 1.82) is 0 Å². The Morgan fingerprint density at radius 2 is 1.37 bits per heavy atom. The highest BCUT2D eigenvalue weighted by Gasteiger charge is 2.22. The van der Waals surface area contributed by atoms with Gasteiger partial charge in [0.05, 0.1) is 28.1 Å². The van der Waals surface area contributed by atoms with Gasteiger partial charge >= 0.3 is 0 Å². The first-order valence-electron chi connectivity index (χ1n) is 16.2. The standard InChI is InChI=1S/C41H40N4O/c1-8-35-41(40-28(6)18-26(4)19-29(40)7)36(9-2)45(43-35)30-20-27(5)21-32(23-30)46-31-14-15-34-33-12-10-11-13-37(33)44(38(34)24-31)39-22-25(3)16-17-42-39/h10-24H,8-9H2,1-7H3. The summed E-state index contributed by atoms with van der Waals surface area (Å²) in [4.78, 5) is 4.73. The zero-order chi connectivity index (χ0) is 32.1. The van der Waals surface area contributed by atoms with Crippen LogP contribution in [0.5, 0.6) is 11.5 Å². The Morgan fingerprint density at radius 3 is 2.11 bits per heavy atom. The average molecular weight is 605 g/mol. The van der Waals surface area contributed by atoms with Gasteiger partial charge in [0, 0.05) is 34.7 Å². The predicted molar refractivity (Wildman–Crippen MR) is 190 cm³/mol. The molecular weight excluding hydrogens is 564 g/mol. The van der Waals surface area contributed by atoms with E-state index in [4.69, 9.17) is 14.8 Å². The molecule has 3 heterocycles. The van der Waals surface area contributed by atoms with Gasteiger partial charge in [0.2, 0.25) is 0 Å². The summed E-state index contributed by atoms with van der Waals surface area (Å²) in [5, 5.41) is 7.57. The van der Waals surface area contributed by atoms with Crippen LogP contribution < -0.4 is 4.74 Å². The molecule has 0 N–H and O–H groups in total. The van der Waals surface area contributed by atoms with Crippen molar-refractivity contribution in [2.75, 3.05) is 0 Å². The van der Waals surface area contributed by atoms with Crippen LogP contribution in [-0.4, -0.2) is 19.3 Å². The Hall–Kier alpha value is -5.16. The SMILES string of the molecule is CCc1nn(-c2cc(C)cc(Oc3ccc4c5ccccc5n(-c5cc(C)ccn5)c4c3)c2)c(CC)c1-c1c(C)cc(C)cc1C. The minimum Gasteiger partial charge on any atom is -0.457 e. The van der Waals surface area contributed by atoms with E-state index < -0.39 is 0 Å². The fraction of sp³-hybridized carbons (Fsp3) is 0.220. The number of aromatic nitrogens is 4. The molecule has 0 atom stereocenters. The number of para-hydroxylation sites is 1. The second kappa shape index (κ2) is 11.6. The molecule has 0 aliphatic carbocycles. The van der Waals surface area contributed by atoms with E-state index in [1.54, 1.807) is 0 Å². The number of ether oxygens (including phenoxy) is 1. The lowest BCUT2D eigenvalue weighted by Crippen LogP contribution is -2.03. The van der Waals surface area contributed by atoms with E-state index in [2.05, 4.69) is 137 Å². The lowest BCUT2D eigenvalue weighted by atomic mass is 9.91. The van der Waals surface area contributed by atoms with Gasteiger partial charge in [0.25, 0.3) is 0 Å². The molecule has 7 aromatic rings. The Labute approximate surface area is 271 Å². The second-order valence-corrected chi connectivity index (χ2v) is 12.5. The first kappa shape index (κ1) is 29.5. The molecule has 0 bridgehead atoms. The number of nitrogens with zero attached hydrogens (tertiary/aromatic N) is 4. The summed E-state index contributed by atoms with van der Waals surface area (Å²) in [6.45, 7) is 15.2. The van der Waals surface area contributed by atoms with Crippen molar-refractivity contribution in [3.05, 3.63) is 130 Å². The summed E-state index contributed by atoms with van der Waals surface area (Å²) in [5.41, 5.74) is 14.3. The van der Waals surface area contributed by atoms with Gasteiger partial charge in [-0.15, -0.1) is 0 Å². The lowest BCUT2D eigenvalue weighted by Gasteiger charge is -2.15. The van der Waals surface area contributed by atoms with Gasteiger partial charge in [-0.25, -0.2) is 9.67 Å². The molecule has 0 aliphatic rings. The van der Waals surface area contributed by atoms with E-state index in [1.807, 2.05) is 12.3 Å². The normalized spacial score (nSPS) is 11.5. The Balaban J connectivity index is 1.33. The third kappa shape index (κ3) is 5.06. The van der Waals surface area contributed by atoms with Crippen molar-refractivity contribution >= 4 is 21.8 Å². The number of aryl methyl sites for hydroxylation is 6. The predicted octanol–water partition coefficient (Wildman–Crippen LogP) is 10.5. The largest absolute Gasteiger partial charge is 0.457 e. The molecule has 0 unspecified atom stereocenters. The average Bonchev–Trinajstić information content (AvgIpc) is 3.55. The molecule has 0 aliphatic heterocycles.